The number of carbonyl (C=O) groups is 2. The Labute approximate surface area is 146 Å². The number of nitrogens with one attached hydrogen (secondary N) is 2. The van der Waals surface area contributed by atoms with Crippen LogP contribution in [0.4, 0.5) is 11.5 Å². The van der Waals surface area contributed by atoms with E-state index in [4.69, 9.17) is 4.74 Å². The first-order valence-corrected chi connectivity index (χ1v) is 8.06. The summed E-state index contributed by atoms with van der Waals surface area (Å²) in [6.07, 6.45) is 2.33. The van der Waals surface area contributed by atoms with Gasteiger partial charge in [0.05, 0.1) is 18.4 Å². The number of hydrogen-bond donors (Lipinski definition) is 2. The van der Waals surface area contributed by atoms with Gasteiger partial charge in [-0.2, -0.15) is 0 Å². The van der Waals surface area contributed by atoms with Crippen LogP contribution in [0.15, 0.2) is 36.7 Å². The molecule has 1 heterocycles. The molecule has 25 heavy (non-hydrogen) atoms. The molecule has 0 bridgehead atoms. The van der Waals surface area contributed by atoms with E-state index in [9.17, 15) is 9.59 Å². The van der Waals surface area contributed by atoms with Crippen LogP contribution in [0, 0.1) is 5.92 Å². The molecule has 0 saturated heterocycles. The second-order valence-electron chi connectivity index (χ2n) is 5.89. The number of carbonyl (C=O) groups excluding carboxylic acids is 2. The summed E-state index contributed by atoms with van der Waals surface area (Å²) in [7, 11) is 1.29. The fourth-order valence-corrected chi connectivity index (χ4v) is 2.13. The Balaban J connectivity index is 2.10. The Kier molecular flexibility index (Phi) is 6.45. The van der Waals surface area contributed by atoms with Gasteiger partial charge in [0.2, 0.25) is 0 Å². The van der Waals surface area contributed by atoms with Gasteiger partial charge < -0.3 is 15.4 Å². The predicted octanol–water partition coefficient (Wildman–Crippen LogP) is 2.97. The van der Waals surface area contributed by atoms with Crippen LogP contribution < -0.4 is 10.6 Å². The van der Waals surface area contributed by atoms with Gasteiger partial charge in [-0.1, -0.05) is 26.0 Å². The summed E-state index contributed by atoms with van der Waals surface area (Å²) < 4.78 is 4.72. The van der Waals surface area contributed by atoms with Gasteiger partial charge in [-0.05, 0) is 24.5 Å². The zero-order valence-electron chi connectivity index (χ0n) is 14.6. The lowest BCUT2D eigenvalue weighted by Gasteiger charge is -2.10. The molecule has 1 aromatic heterocycles. The number of rotatable bonds is 7. The van der Waals surface area contributed by atoms with Crippen LogP contribution in [0.5, 0.6) is 0 Å². The molecule has 0 atom stereocenters. The molecule has 0 saturated carbocycles. The summed E-state index contributed by atoms with van der Waals surface area (Å²) in [5, 5.41) is 5.85. The monoisotopic (exact) mass is 342 g/mol. The van der Waals surface area contributed by atoms with Crippen LogP contribution in [0.2, 0.25) is 0 Å². The molecule has 0 spiro atoms. The molecule has 2 aromatic rings. The zero-order valence-corrected chi connectivity index (χ0v) is 14.6. The van der Waals surface area contributed by atoms with Crippen molar-refractivity contribution in [2.75, 3.05) is 24.3 Å². The number of amides is 1. The van der Waals surface area contributed by atoms with Crippen LogP contribution in [0.1, 0.15) is 41.1 Å². The molecule has 7 heteroatoms. The highest BCUT2D eigenvalue weighted by Crippen LogP contribution is 2.17. The fourth-order valence-electron chi connectivity index (χ4n) is 2.13. The Hall–Kier alpha value is -2.96. The lowest BCUT2D eigenvalue weighted by atomic mass is 10.1. The summed E-state index contributed by atoms with van der Waals surface area (Å²) in [5.74, 6) is 0.217. The van der Waals surface area contributed by atoms with Gasteiger partial charge in [-0.25, -0.2) is 14.8 Å². The third-order valence-electron chi connectivity index (χ3n) is 3.51. The molecule has 2 rings (SSSR count). The maximum Gasteiger partial charge on any atom is 0.339 e. The van der Waals surface area contributed by atoms with Crippen molar-refractivity contribution in [3.05, 3.63) is 47.9 Å². The van der Waals surface area contributed by atoms with Gasteiger partial charge in [-0.15, -0.1) is 0 Å². The van der Waals surface area contributed by atoms with E-state index in [0.29, 0.717) is 17.4 Å². The molecule has 2 N–H and O–H groups in total. The third-order valence-corrected chi connectivity index (χ3v) is 3.51. The Bertz CT molecular complexity index is 747. The molecule has 0 aliphatic heterocycles. The smallest absolute Gasteiger partial charge is 0.339 e. The van der Waals surface area contributed by atoms with E-state index in [-0.39, 0.29) is 11.3 Å². The van der Waals surface area contributed by atoms with Crippen LogP contribution in [-0.4, -0.2) is 35.5 Å². The number of anilines is 2. The van der Waals surface area contributed by atoms with Crippen molar-refractivity contribution >= 4 is 23.4 Å². The van der Waals surface area contributed by atoms with Gasteiger partial charge in [0.1, 0.15) is 17.8 Å². The van der Waals surface area contributed by atoms with Crippen LogP contribution in [0.3, 0.4) is 0 Å². The van der Waals surface area contributed by atoms with Crippen molar-refractivity contribution in [3.8, 4) is 0 Å². The van der Waals surface area contributed by atoms with Gasteiger partial charge >= 0.3 is 5.97 Å². The first kappa shape index (κ1) is 18.4. The number of aromatic nitrogens is 2. The first-order valence-electron chi connectivity index (χ1n) is 8.06. The molecule has 7 nitrogen and oxygen atoms in total. The van der Waals surface area contributed by atoms with E-state index in [1.165, 1.54) is 13.4 Å². The molecule has 0 radical (unpaired) electrons. The van der Waals surface area contributed by atoms with Crippen LogP contribution >= 0.6 is 0 Å². The van der Waals surface area contributed by atoms with Crippen molar-refractivity contribution in [2.24, 2.45) is 5.92 Å². The third kappa shape index (κ3) is 5.27. The number of para-hydroxylation sites is 1. The minimum atomic E-state index is -0.519. The van der Waals surface area contributed by atoms with Crippen molar-refractivity contribution in [2.45, 2.75) is 20.3 Å². The van der Waals surface area contributed by atoms with E-state index < -0.39 is 11.9 Å². The normalized spacial score (nSPS) is 10.4. The maximum atomic E-state index is 12.4. The minimum Gasteiger partial charge on any atom is -0.465 e. The molecule has 1 amide bonds. The standard InChI is InChI=1S/C18H22N4O3/c1-12(2)8-9-19-16-10-15(20-11-21-16)17(23)22-14-7-5-4-6-13(14)18(24)25-3/h4-7,10-12H,8-9H2,1-3H3,(H,22,23)(H,19,20,21). The topological polar surface area (TPSA) is 93.2 Å². The Morgan fingerprint density at radius 1 is 1.20 bits per heavy atom. The van der Waals surface area contributed by atoms with E-state index in [1.54, 1.807) is 30.3 Å². The summed E-state index contributed by atoms with van der Waals surface area (Å²) in [5.41, 5.74) is 0.858. The number of methoxy groups -OCH3 is 1. The quantitative estimate of drug-likeness (QED) is 0.752. The second kappa shape index (κ2) is 8.77. The highest BCUT2D eigenvalue weighted by molar-refractivity contribution is 6.07. The number of ether oxygens (including phenoxy) is 1. The van der Waals surface area contributed by atoms with E-state index in [2.05, 4.69) is 34.4 Å². The van der Waals surface area contributed by atoms with Gasteiger partial charge in [0.15, 0.2) is 0 Å². The lowest BCUT2D eigenvalue weighted by Crippen LogP contribution is -2.17. The van der Waals surface area contributed by atoms with Crippen LogP contribution in [-0.2, 0) is 4.74 Å². The summed E-state index contributed by atoms with van der Waals surface area (Å²) >= 11 is 0. The Morgan fingerprint density at radius 3 is 2.68 bits per heavy atom. The first-order chi connectivity index (χ1) is 12.0. The SMILES string of the molecule is COC(=O)c1ccccc1NC(=O)c1cc(NCCC(C)C)ncn1. The highest BCUT2D eigenvalue weighted by Gasteiger charge is 2.15. The average Bonchev–Trinajstić information content (AvgIpc) is 2.61. The van der Waals surface area contributed by atoms with Crippen molar-refractivity contribution in [1.82, 2.24) is 9.97 Å². The largest absolute Gasteiger partial charge is 0.465 e. The Morgan fingerprint density at radius 2 is 1.96 bits per heavy atom. The van der Waals surface area contributed by atoms with E-state index in [0.717, 1.165) is 13.0 Å². The molecular weight excluding hydrogens is 320 g/mol. The van der Waals surface area contributed by atoms with Crippen LogP contribution in [0.25, 0.3) is 0 Å². The van der Waals surface area contributed by atoms with E-state index in [1.807, 2.05) is 0 Å². The number of hydrogen-bond acceptors (Lipinski definition) is 6. The molecule has 0 aliphatic rings. The maximum absolute atomic E-state index is 12.4. The van der Waals surface area contributed by atoms with Crippen molar-refractivity contribution in [3.63, 3.8) is 0 Å². The molecule has 0 aliphatic carbocycles. The average molecular weight is 342 g/mol. The summed E-state index contributed by atoms with van der Waals surface area (Å²) in [6, 6.07) is 8.22. The molecule has 132 valence electrons. The second-order valence-corrected chi connectivity index (χ2v) is 5.89. The predicted molar refractivity (Wildman–Crippen MR) is 95.7 cm³/mol. The minimum absolute atomic E-state index is 0.210. The number of nitrogens with zero attached hydrogens (tertiary/aromatic N) is 2. The van der Waals surface area contributed by atoms with Gasteiger partial charge in [0.25, 0.3) is 5.91 Å². The number of benzene rings is 1. The van der Waals surface area contributed by atoms with Crippen molar-refractivity contribution < 1.29 is 14.3 Å². The highest BCUT2D eigenvalue weighted by atomic mass is 16.5. The molecule has 0 unspecified atom stereocenters. The zero-order chi connectivity index (χ0) is 18.2. The molecular formula is C18H22N4O3. The van der Waals surface area contributed by atoms with Gasteiger partial charge in [0, 0.05) is 12.6 Å². The van der Waals surface area contributed by atoms with E-state index >= 15 is 0 Å². The van der Waals surface area contributed by atoms with Crippen molar-refractivity contribution in [1.29, 1.82) is 0 Å². The molecule has 1 aromatic carbocycles. The summed E-state index contributed by atoms with van der Waals surface area (Å²) in [6.45, 7) is 5.04. The lowest BCUT2D eigenvalue weighted by molar-refractivity contribution is 0.0602. The number of esters is 1. The van der Waals surface area contributed by atoms with Gasteiger partial charge in [-0.3, -0.25) is 4.79 Å². The summed E-state index contributed by atoms with van der Waals surface area (Å²) in [4.78, 5) is 32.3. The fraction of sp³-hybridized carbons (Fsp3) is 0.333. The molecule has 0 fully saturated rings.